The quantitative estimate of drug-likeness (QED) is 0.623. The minimum atomic E-state index is -0.400. The molecule has 4 rings (SSSR count). The van der Waals surface area contributed by atoms with Crippen molar-refractivity contribution >= 4 is 5.97 Å². The zero-order chi connectivity index (χ0) is 17.8. The van der Waals surface area contributed by atoms with Crippen molar-refractivity contribution in [3.05, 3.63) is 101 Å². The topological polar surface area (TPSA) is 39.2 Å². The molecule has 2 aromatic carbocycles. The number of rotatable bonds is 5. The Morgan fingerprint density at radius 3 is 2.46 bits per heavy atom. The number of hydrogen-bond donors (Lipinski definition) is 0. The molecule has 0 saturated carbocycles. The molecule has 0 bridgehead atoms. The second-order valence-electron chi connectivity index (χ2n) is 6.70. The van der Waals surface area contributed by atoms with Crippen molar-refractivity contribution in [1.82, 2.24) is 4.98 Å². The summed E-state index contributed by atoms with van der Waals surface area (Å²) in [5, 5.41) is 0. The van der Waals surface area contributed by atoms with Gasteiger partial charge < -0.3 is 4.74 Å². The van der Waals surface area contributed by atoms with E-state index in [-0.39, 0.29) is 11.9 Å². The van der Waals surface area contributed by atoms with Gasteiger partial charge in [0.05, 0.1) is 6.42 Å². The number of ether oxygens (including phenoxy) is 1. The van der Waals surface area contributed by atoms with Crippen molar-refractivity contribution < 1.29 is 9.53 Å². The molecule has 2 unspecified atom stereocenters. The van der Waals surface area contributed by atoms with Gasteiger partial charge in [-0.05, 0) is 47.6 Å². The van der Waals surface area contributed by atoms with Crippen LogP contribution in [0.3, 0.4) is 0 Å². The maximum Gasteiger partial charge on any atom is 0.307 e. The van der Waals surface area contributed by atoms with Crippen LogP contribution < -0.4 is 0 Å². The number of carbonyl (C=O) groups excluding carboxylic acids is 1. The Balaban J connectivity index is 1.52. The van der Waals surface area contributed by atoms with Crippen LogP contribution in [-0.2, 0) is 16.0 Å². The summed E-state index contributed by atoms with van der Waals surface area (Å²) >= 11 is 0. The predicted octanol–water partition coefficient (Wildman–Crippen LogP) is 4.83. The molecule has 0 fully saturated rings. The van der Waals surface area contributed by atoms with Crippen LogP contribution in [0, 0.1) is 0 Å². The Hall–Kier alpha value is -2.94. The summed E-state index contributed by atoms with van der Waals surface area (Å²) in [4.78, 5) is 16.8. The Labute approximate surface area is 153 Å². The fraction of sp³-hybridized carbons (Fsp3) is 0.217. The zero-order valence-corrected chi connectivity index (χ0v) is 14.5. The maximum absolute atomic E-state index is 12.7. The molecule has 3 heteroatoms. The highest BCUT2D eigenvalue weighted by Crippen LogP contribution is 2.36. The number of carbonyl (C=O) groups is 1. The molecular formula is C23H21NO2. The minimum Gasteiger partial charge on any atom is -0.453 e. The third kappa shape index (κ3) is 3.52. The highest BCUT2D eigenvalue weighted by atomic mass is 16.5. The molecule has 1 aromatic heterocycles. The molecule has 3 aromatic rings. The van der Waals surface area contributed by atoms with Crippen LogP contribution in [0.25, 0.3) is 0 Å². The Kier molecular flexibility index (Phi) is 4.78. The average molecular weight is 343 g/mol. The van der Waals surface area contributed by atoms with Crippen LogP contribution in [-0.4, -0.2) is 11.0 Å². The van der Waals surface area contributed by atoms with Gasteiger partial charge in [-0.3, -0.25) is 9.78 Å². The summed E-state index contributed by atoms with van der Waals surface area (Å²) in [6, 6.07) is 22.1. The lowest BCUT2D eigenvalue weighted by atomic mass is 9.97. The summed E-state index contributed by atoms with van der Waals surface area (Å²) in [7, 11) is 0. The van der Waals surface area contributed by atoms with E-state index in [0.29, 0.717) is 6.42 Å². The van der Waals surface area contributed by atoms with E-state index in [1.165, 1.54) is 11.1 Å². The molecule has 1 heterocycles. The number of fused-ring (bicyclic) bond motifs is 1. The van der Waals surface area contributed by atoms with E-state index in [2.05, 4.69) is 23.2 Å². The highest BCUT2D eigenvalue weighted by molar-refractivity contribution is 5.71. The number of hydrogen-bond acceptors (Lipinski definition) is 3. The van der Waals surface area contributed by atoms with Crippen LogP contribution in [0.4, 0.5) is 0 Å². The summed E-state index contributed by atoms with van der Waals surface area (Å²) in [5.74, 6) is 0.102. The van der Waals surface area contributed by atoms with Gasteiger partial charge in [-0.2, -0.15) is 0 Å². The summed E-state index contributed by atoms with van der Waals surface area (Å²) < 4.78 is 5.93. The summed E-state index contributed by atoms with van der Waals surface area (Å²) in [6.07, 6.45) is 5.54. The van der Waals surface area contributed by atoms with E-state index in [1.807, 2.05) is 48.5 Å². The largest absolute Gasteiger partial charge is 0.453 e. The first-order valence-corrected chi connectivity index (χ1v) is 9.03. The van der Waals surface area contributed by atoms with Gasteiger partial charge in [0.15, 0.2) is 6.10 Å². The number of nitrogens with zero attached hydrogens (tertiary/aromatic N) is 1. The van der Waals surface area contributed by atoms with Crippen molar-refractivity contribution in [2.24, 2.45) is 0 Å². The number of pyridine rings is 1. The molecule has 0 amide bonds. The summed E-state index contributed by atoms with van der Waals surface area (Å²) in [6.45, 7) is 0. The third-order valence-corrected chi connectivity index (χ3v) is 5.03. The van der Waals surface area contributed by atoms with Gasteiger partial charge in [0.1, 0.15) is 0 Å². The monoisotopic (exact) mass is 343 g/mol. The number of esters is 1. The molecule has 0 aliphatic heterocycles. The highest BCUT2D eigenvalue weighted by Gasteiger charge is 2.27. The number of benzene rings is 2. The molecule has 2 atom stereocenters. The van der Waals surface area contributed by atoms with E-state index < -0.39 is 6.10 Å². The maximum atomic E-state index is 12.7. The molecule has 0 saturated heterocycles. The van der Waals surface area contributed by atoms with Crippen LogP contribution in [0.5, 0.6) is 0 Å². The number of aromatic nitrogens is 1. The lowest BCUT2D eigenvalue weighted by molar-refractivity contribution is -0.148. The van der Waals surface area contributed by atoms with Crippen molar-refractivity contribution in [3.63, 3.8) is 0 Å². The lowest BCUT2D eigenvalue weighted by Crippen LogP contribution is -2.15. The molecule has 1 aliphatic rings. The lowest BCUT2D eigenvalue weighted by Gasteiger charge is -2.20. The molecule has 0 N–H and O–H groups in total. The summed E-state index contributed by atoms with van der Waals surface area (Å²) in [5.41, 5.74) is 4.56. The van der Waals surface area contributed by atoms with E-state index >= 15 is 0 Å². The van der Waals surface area contributed by atoms with Crippen LogP contribution >= 0.6 is 0 Å². The standard InChI is InChI=1S/C23H21NO2/c25-22(16-20-11-10-17-6-4-5-9-21(17)20)26-23(18-7-2-1-3-8-18)19-12-14-24-15-13-19/h1-9,12-15,20,23H,10-11,16H2. The van der Waals surface area contributed by atoms with Crippen molar-refractivity contribution in [1.29, 1.82) is 0 Å². The van der Waals surface area contributed by atoms with Gasteiger partial charge in [0.25, 0.3) is 0 Å². The van der Waals surface area contributed by atoms with E-state index in [0.717, 1.165) is 24.0 Å². The molecule has 0 radical (unpaired) electrons. The van der Waals surface area contributed by atoms with Gasteiger partial charge in [-0.15, -0.1) is 0 Å². The number of aryl methyl sites for hydroxylation is 1. The average Bonchev–Trinajstić information content (AvgIpc) is 3.10. The van der Waals surface area contributed by atoms with Gasteiger partial charge >= 0.3 is 5.97 Å². The van der Waals surface area contributed by atoms with Gasteiger partial charge in [-0.1, -0.05) is 54.6 Å². The SMILES string of the molecule is O=C(CC1CCc2ccccc21)OC(c1ccccc1)c1ccncc1. The van der Waals surface area contributed by atoms with Crippen LogP contribution in [0.15, 0.2) is 79.1 Å². The van der Waals surface area contributed by atoms with E-state index in [4.69, 9.17) is 4.74 Å². The molecule has 26 heavy (non-hydrogen) atoms. The first kappa shape index (κ1) is 16.5. The Morgan fingerprint density at radius 1 is 0.962 bits per heavy atom. The fourth-order valence-corrected chi connectivity index (χ4v) is 3.73. The predicted molar refractivity (Wildman–Crippen MR) is 101 cm³/mol. The smallest absolute Gasteiger partial charge is 0.307 e. The van der Waals surface area contributed by atoms with Crippen molar-refractivity contribution in [2.45, 2.75) is 31.3 Å². The second-order valence-corrected chi connectivity index (χ2v) is 6.70. The Bertz CT molecular complexity index is 837. The first-order valence-electron chi connectivity index (χ1n) is 9.03. The Morgan fingerprint density at radius 2 is 1.65 bits per heavy atom. The van der Waals surface area contributed by atoms with E-state index in [9.17, 15) is 4.79 Å². The zero-order valence-electron chi connectivity index (χ0n) is 14.5. The molecule has 130 valence electrons. The van der Waals surface area contributed by atoms with Crippen LogP contribution in [0.2, 0.25) is 0 Å². The van der Waals surface area contributed by atoms with Crippen molar-refractivity contribution in [2.75, 3.05) is 0 Å². The molecule has 0 spiro atoms. The first-order chi connectivity index (χ1) is 12.8. The van der Waals surface area contributed by atoms with Gasteiger partial charge in [-0.25, -0.2) is 0 Å². The normalized spacial score (nSPS) is 16.7. The van der Waals surface area contributed by atoms with Gasteiger partial charge in [0.2, 0.25) is 0 Å². The molecular weight excluding hydrogens is 322 g/mol. The second kappa shape index (κ2) is 7.52. The molecule has 1 aliphatic carbocycles. The third-order valence-electron chi connectivity index (χ3n) is 5.03. The molecule has 3 nitrogen and oxygen atoms in total. The van der Waals surface area contributed by atoms with Gasteiger partial charge in [0, 0.05) is 18.0 Å². The van der Waals surface area contributed by atoms with Crippen molar-refractivity contribution in [3.8, 4) is 0 Å². The van der Waals surface area contributed by atoms with E-state index in [1.54, 1.807) is 12.4 Å². The minimum absolute atomic E-state index is 0.155. The van der Waals surface area contributed by atoms with Crippen LogP contribution in [0.1, 0.15) is 47.1 Å². The fourth-order valence-electron chi connectivity index (χ4n) is 3.73.